The van der Waals surface area contributed by atoms with E-state index >= 15 is 0 Å². The molecule has 0 aromatic rings. The summed E-state index contributed by atoms with van der Waals surface area (Å²) in [5, 5.41) is 5.70. The number of nitrogens with one attached hydrogen (secondary N) is 2. The summed E-state index contributed by atoms with van der Waals surface area (Å²) in [6.45, 7) is 11.7. The van der Waals surface area contributed by atoms with Gasteiger partial charge >= 0.3 is 6.09 Å². The van der Waals surface area contributed by atoms with E-state index in [9.17, 15) is 9.59 Å². The van der Waals surface area contributed by atoms with Crippen molar-refractivity contribution in [2.45, 2.75) is 117 Å². The maximum atomic E-state index is 12.6. The molecule has 0 saturated heterocycles. The van der Waals surface area contributed by atoms with Crippen LogP contribution >= 0.6 is 0 Å². The predicted octanol–water partition coefficient (Wildman–Crippen LogP) is 5.98. The Labute approximate surface area is 191 Å². The summed E-state index contributed by atoms with van der Waals surface area (Å²) in [7, 11) is 0. The van der Waals surface area contributed by atoms with Crippen LogP contribution in [0.4, 0.5) is 4.79 Å². The second-order valence-electron chi connectivity index (χ2n) is 9.43. The maximum absolute atomic E-state index is 12.6. The highest BCUT2D eigenvalue weighted by atomic mass is 16.6. The van der Waals surface area contributed by atoms with Crippen molar-refractivity contribution >= 4 is 12.0 Å². The molecular weight excluding hydrogens is 392 g/mol. The van der Waals surface area contributed by atoms with Crippen molar-refractivity contribution in [3.05, 3.63) is 0 Å². The van der Waals surface area contributed by atoms with E-state index in [1.165, 1.54) is 51.4 Å². The number of rotatable bonds is 19. The number of unbranched alkanes of at least 4 members (excludes halogenated alkanes) is 8. The zero-order valence-electron chi connectivity index (χ0n) is 21.0. The van der Waals surface area contributed by atoms with Crippen molar-refractivity contribution in [3.8, 4) is 0 Å². The zero-order chi connectivity index (χ0) is 23.4. The molecule has 6 nitrogen and oxygen atoms in total. The van der Waals surface area contributed by atoms with Crippen LogP contribution in [0.1, 0.15) is 112 Å². The largest absolute Gasteiger partial charge is 0.444 e. The highest BCUT2D eigenvalue weighted by Gasteiger charge is 2.17. The van der Waals surface area contributed by atoms with Crippen molar-refractivity contribution in [1.29, 1.82) is 0 Å². The molecule has 0 aliphatic rings. The topological polar surface area (TPSA) is 76.7 Å². The van der Waals surface area contributed by atoms with E-state index in [0.717, 1.165) is 25.7 Å². The van der Waals surface area contributed by atoms with Gasteiger partial charge in [0.15, 0.2) is 0 Å². The van der Waals surface area contributed by atoms with Gasteiger partial charge in [-0.2, -0.15) is 0 Å². The second kappa shape index (κ2) is 19.4. The van der Waals surface area contributed by atoms with Crippen LogP contribution in [-0.2, 0) is 14.3 Å². The van der Waals surface area contributed by atoms with Gasteiger partial charge in [0.1, 0.15) is 5.60 Å². The van der Waals surface area contributed by atoms with Gasteiger partial charge < -0.3 is 20.1 Å². The molecule has 0 bridgehead atoms. The molecule has 0 saturated carbocycles. The second-order valence-corrected chi connectivity index (χ2v) is 9.43. The highest BCUT2D eigenvalue weighted by Crippen LogP contribution is 2.19. The summed E-state index contributed by atoms with van der Waals surface area (Å²) in [6.07, 6.45) is 13.9. The first-order chi connectivity index (χ1) is 14.8. The number of carbonyl (C=O) groups excluding carboxylic acids is 2. The van der Waals surface area contributed by atoms with Crippen LogP contribution in [0.15, 0.2) is 0 Å². The fourth-order valence-electron chi connectivity index (χ4n) is 3.43. The van der Waals surface area contributed by atoms with Crippen molar-refractivity contribution in [1.82, 2.24) is 10.6 Å². The smallest absolute Gasteiger partial charge is 0.407 e. The first-order valence-electron chi connectivity index (χ1n) is 12.6. The molecule has 0 radical (unpaired) electrons. The van der Waals surface area contributed by atoms with Crippen LogP contribution in [0.5, 0.6) is 0 Å². The Morgan fingerprint density at radius 3 is 1.77 bits per heavy atom. The maximum Gasteiger partial charge on any atom is 0.407 e. The van der Waals surface area contributed by atoms with Gasteiger partial charge in [-0.05, 0) is 33.6 Å². The third kappa shape index (κ3) is 20.4. The molecule has 0 fully saturated rings. The average Bonchev–Trinajstić information content (AvgIpc) is 2.69. The molecule has 0 aliphatic heterocycles. The van der Waals surface area contributed by atoms with Gasteiger partial charge in [-0.25, -0.2) is 4.79 Å². The summed E-state index contributed by atoms with van der Waals surface area (Å²) < 4.78 is 10.7. The van der Waals surface area contributed by atoms with Crippen molar-refractivity contribution in [2.24, 2.45) is 5.92 Å². The van der Waals surface area contributed by atoms with Crippen LogP contribution in [-0.4, -0.2) is 43.9 Å². The molecule has 6 heteroatoms. The number of hydrogen-bond acceptors (Lipinski definition) is 4. The summed E-state index contributed by atoms with van der Waals surface area (Å²) in [5.41, 5.74) is -0.502. The molecule has 0 spiro atoms. The average molecular weight is 443 g/mol. The van der Waals surface area contributed by atoms with Crippen molar-refractivity contribution < 1.29 is 19.1 Å². The number of ether oxygens (including phenoxy) is 2. The van der Waals surface area contributed by atoms with Gasteiger partial charge in [0, 0.05) is 19.0 Å². The molecule has 1 unspecified atom stereocenters. The fourth-order valence-corrected chi connectivity index (χ4v) is 3.43. The van der Waals surface area contributed by atoms with E-state index < -0.39 is 11.7 Å². The van der Waals surface area contributed by atoms with E-state index in [1.807, 2.05) is 20.8 Å². The number of hydrogen-bond donors (Lipinski definition) is 2. The summed E-state index contributed by atoms with van der Waals surface area (Å²) in [4.78, 5) is 24.2. The monoisotopic (exact) mass is 442 g/mol. The zero-order valence-corrected chi connectivity index (χ0v) is 21.0. The number of amides is 2. The summed E-state index contributed by atoms with van der Waals surface area (Å²) >= 11 is 0. The van der Waals surface area contributed by atoms with Crippen LogP contribution < -0.4 is 10.6 Å². The van der Waals surface area contributed by atoms with Gasteiger partial charge in [-0.15, -0.1) is 0 Å². The van der Waals surface area contributed by atoms with Crippen LogP contribution in [0.25, 0.3) is 0 Å². The van der Waals surface area contributed by atoms with E-state index in [-0.39, 0.29) is 11.8 Å². The minimum absolute atomic E-state index is 0.122. The Bertz CT molecular complexity index is 449. The van der Waals surface area contributed by atoms with E-state index in [1.54, 1.807) is 0 Å². The number of carbonyl (C=O) groups is 2. The van der Waals surface area contributed by atoms with Crippen LogP contribution in [0.3, 0.4) is 0 Å². The third-order valence-corrected chi connectivity index (χ3v) is 5.14. The van der Waals surface area contributed by atoms with Gasteiger partial charge in [0.2, 0.25) is 5.91 Å². The quantitative estimate of drug-likeness (QED) is 0.241. The van der Waals surface area contributed by atoms with Gasteiger partial charge in [0.05, 0.1) is 13.2 Å². The van der Waals surface area contributed by atoms with Gasteiger partial charge in [-0.1, -0.05) is 78.1 Å². The number of alkyl carbamates (subject to hydrolysis) is 1. The molecule has 0 rings (SSSR count). The van der Waals surface area contributed by atoms with Crippen molar-refractivity contribution in [2.75, 3.05) is 26.3 Å². The first-order valence-corrected chi connectivity index (χ1v) is 12.6. The third-order valence-electron chi connectivity index (χ3n) is 5.14. The SMILES string of the molecule is CCCCCCCCC(CCCCCC)C(=O)NCCOCCNC(=O)OC(C)(C)C. The van der Waals surface area contributed by atoms with Crippen LogP contribution in [0, 0.1) is 5.92 Å². The molecule has 184 valence electrons. The van der Waals surface area contributed by atoms with E-state index in [2.05, 4.69) is 24.5 Å². The Balaban J connectivity index is 4.00. The molecule has 2 amide bonds. The lowest BCUT2D eigenvalue weighted by Crippen LogP contribution is -2.35. The molecular formula is C25H50N2O4. The standard InChI is InChI=1S/C25H50N2O4/c1-6-8-10-12-13-15-17-22(16-14-11-9-7-2)23(28)26-18-20-30-21-19-27-24(29)31-25(3,4)5/h22H,6-21H2,1-5H3,(H,26,28)(H,27,29). The minimum Gasteiger partial charge on any atom is -0.444 e. The molecule has 1 atom stereocenters. The minimum atomic E-state index is -0.502. The van der Waals surface area contributed by atoms with Crippen LogP contribution in [0.2, 0.25) is 0 Å². The highest BCUT2D eigenvalue weighted by molar-refractivity contribution is 5.78. The Kier molecular flexibility index (Phi) is 18.6. The molecule has 31 heavy (non-hydrogen) atoms. The van der Waals surface area contributed by atoms with Gasteiger partial charge in [0.25, 0.3) is 0 Å². The van der Waals surface area contributed by atoms with E-state index in [4.69, 9.17) is 9.47 Å². The Hall–Kier alpha value is -1.30. The van der Waals surface area contributed by atoms with Gasteiger partial charge in [-0.3, -0.25) is 4.79 Å². The summed E-state index contributed by atoms with van der Waals surface area (Å²) in [5.74, 6) is 0.289. The lowest BCUT2D eigenvalue weighted by Gasteiger charge is -2.19. The Morgan fingerprint density at radius 2 is 1.23 bits per heavy atom. The Morgan fingerprint density at radius 1 is 0.742 bits per heavy atom. The molecule has 0 aromatic carbocycles. The predicted molar refractivity (Wildman–Crippen MR) is 128 cm³/mol. The summed E-state index contributed by atoms with van der Waals surface area (Å²) in [6, 6.07) is 0. The molecule has 0 aliphatic carbocycles. The first kappa shape index (κ1) is 29.7. The molecule has 0 aromatic heterocycles. The van der Waals surface area contributed by atoms with Crippen molar-refractivity contribution in [3.63, 3.8) is 0 Å². The fraction of sp³-hybridized carbons (Fsp3) is 0.920. The molecule has 2 N–H and O–H groups in total. The molecule has 0 heterocycles. The normalized spacial score (nSPS) is 12.4. The lowest BCUT2D eigenvalue weighted by molar-refractivity contribution is -0.125. The van der Waals surface area contributed by atoms with E-state index in [0.29, 0.717) is 26.3 Å². The lowest BCUT2D eigenvalue weighted by atomic mass is 9.93.